The first kappa shape index (κ1) is 19.5. The summed E-state index contributed by atoms with van der Waals surface area (Å²) in [7, 11) is 0. The quantitative estimate of drug-likeness (QED) is 0.332. The molecular formula is C27H20N4O. The number of hydrogen-bond donors (Lipinski definition) is 1. The molecule has 0 radical (unpaired) electrons. The topological polar surface area (TPSA) is 59.9 Å². The van der Waals surface area contributed by atoms with E-state index in [0.29, 0.717) is 11.6 Å². The van der Waals surface area contributed by atoms with Gasteiger partial charge in [0.15, 0.2) is 5.82 Å². The van der Waals surface area contributed by atoms with E-state index in [2.05, 4.69) is 10.3 Å². The molecule has 0 amide bonds. The van der Waals surface area contributed by atoms with E-state index in [4.69, 9.17) is 14.7 Å². The van der Waals surface area contributed by atoms with Gasteiger partial charge in [0.05, 0.1) is 5.69 Å². The average molecular weight is 416 g/mol. The van der Waals surface area contributed by atoms with Gasteiger partial charge in [0.2, 0.25) is 0 Å². The number of ether oxygens (including phenoxy) is 1. The fourth-order valence-electron chi connectivity index (χ4n) is 3.28. The van der Waals surface area contributed by atoms with Gasteiger partial charge in [-0.05, 0) is 48.5 Å². The summed E-state index contributed by atoms with van der Waals surface area (Å²) < 4.78 is 5.88. The van der Waals surface area contributed by atoms with Gasteiger partial charge >= 0.3 is 0 Å². The number of nitrogens with one attached hydrogen (secondary N) is 1. The van der Waals surface area contributed by atoms with Crippen LogP contribution in [-0.4, -0.2) is 15.0 Å². The number of para-hydroxylation sites is 1. The molecule has 2 aromatic heterocycles. The van der Waals surface area contributed by atoms with Crippen LogP contribution in [0, 0.1) is 0 Å². The van der Waals surface area contributed by atoms with Crippen molar-refractivity contribution >= 4 is 11.5 Å². The van der Waals surface area contributed by atoms with Gasteiger partial charge in [-0.1, -0.05) is 48.5 Å². The molecule has 0 fully saturated rings. The second-order valence-electron chi connectivity index (χ2n) is 7.13. The van der Waals surface area contributed by atoms with Crippen molar-refractivity contribution in [1.29, 1.82) is 0 Å². The van der Waals surface area contributed by atoms with Crippen molar-refractivity contribution in [3.63, 3.8) is 0 Å². The van der Waals surface area contributed by atoms with Gasteiger partial charge in [0, 0.05) is 35.3 Å². The first-order chi connectivity index (χ1) is 15.8. The third-order valence-electron chi connectivity index (χ3n) is 4.84. The number of rotatable bonds is 6. The normalized spacial score (nSPS) is 10.5. The van der Waals surface area contributed by atoms with Crippen molar-refractivity contribution in [3.05, 3.63) is 116 Å². The molecular weight excluding hydrogens is 396 g/mol. The molecule has 5 heteroatoms. The van der Waals surface area contributed by atoms with Crippen LogP contribution in [0.2, 0.25) is 0 Å². The zero-order valence-corrected chi connectivity index (χ0v) is 17.2. The third-order valence-corrected chi connectivity index (χ3v) is 4.84. The lowest BCUT2D eigenvalue weighted by molar-refractivity contribution is 0.483. The number of nitrogens with zero attached hydrogens (tertiary/aromatic N) is 3. The molecule has 0 aliphatic heterocycles. The predicted molar refractivity (Wildman–Crippen MR) is 127 cm³/mol. The Morgan fingerprint density at radius 2 is 1.25 bits per heavy atom. The monoisotopic (exact) mass is 416 g/mol. The van der Waals surface area contributed by atoms with Crippen LogP contribution in [0.5, 0.6) is 11.5 Å². The second-order valence-corrected chi connectivity index (χ2v) is 7.13. The molecule has 3 aromatic carbocycles. The second kappa shape index (κ2) is 9.10. The van der Waals surface area contributed by atoms with Crippen molar-refractivity contribution in [1.82, 2.24) is 15.0 Å². The van der Waals surface area contributed by atoms with Crippen LogP contribution in [-0.2, 0) is 0 Å². The summed E-state index contributed by atoms with van der Waals surface area (Å²) in [6.45, 7) is 0. The molecule has 0 spiro atoms. The highest BCUT2D eigenvalue weighted by atomic mass is 16.5. The lowest BCUT2D eigenvalue weighted by Crippen LogP contribution is -1.99. The molecule has 0 bridgehead atoms. The summed E-state index contributed by atoms with van der Waals surface area (Å²) in [5, 5.41) is 3.39. The lowest BCUT2D eigenvalue weighted by atomic mass is 10.1. The minimum Gasteiger partial charge on any atom is -0.457 e. The summed E-state index contributed by atoms with van der Waals surface area (Å²) in [4.78, 5) is 13.6. The molecule has 0 unspecified atom stereocenters. The molecule has 0 aliphatic rings. The van der Waals surface area contributed by atoms with Crippen molar-refractivity contribution in [2.45, 2.75) is 0 Å². The summed E-state index contributed by atoms with van der Waals surface area (Å²) >= 11 is 0. The van der Waals surface area contributed by atoms with Gasteiger partial charge in [0.25, 0.3) is 0 Å². The van der Waals surface area contributed by atoms with Gasteiger partial charge in [-0.3, -0.25) is 4.98 Å². The molecule has 0 aliphatic carbocycles. The van der Waals surface area contributed by atoms with Crippen LogP contribution in [0.25, 0.3) is 22.6 Å². The number of aromatic nitrogens is 3. The van der Waals surface area contributed by atoms with Crippen molar-refractivity contribution in [2.75, 3.05) is 5.32 Å². The zero-order chi connectivity index (χ0) is 21.6. The Labute approximate surface area is 186 Å². The first-order valence-electron chi connectivity index (χ1n) is 10.3. The Hall–Kier alpha value is -4.51. The maximum atomic E-state index is 5.88. The molecule has 1 N–H and O–H groups in total. The highest BCUT2D eigenvalue weighted by molar-refractivity contribution is 5.69. The molecule has 5 aromatic rings. The van der Waals surface area contributed by atoms with Crippen molar-refractivity contribution < 1.29 is 4.74 Å². The highest BCUT2D eigenvalue weighted by Gasteiger charge is 2.09. The maximum absolute atomic E-state index is 5.88. The Morgan fingerprint density at radius 3 is 1.97 bits per heavy atom. The summed E-state index contributed by atoms with van der Waals surface area (Å²) in [6.07, 6.45) is 3.52. The summed E-state index contributed by atoms with van der Waals surface area (Å²) in [5.74, 6) is 2.94. The summed E-state index contributed by atoms with van der Waals surface area (Å²) in [5.41, 5.74) is 3.67. The van der Waals surface area contributed by atoms with E-state index >= 15 is 0 Å². The van der Waals surface area contributed by atoms with E-state index in [1.807, 2.05) is 103 Å². The number of hydrogen-bond acceptors (Lipinski definition) is 5. The van der Waals surface area contributed by atoms with E-state index in [0.717, 1.165) is 34.0 Å². The molecule has 5 rings (SSSR count). The highest BCUT2D eigenvalue weighted by Crippen LogP contribution is 2.27. The van der Waals surface area contributed by atoms with E-state index in [1.165, 1.54) is 0 Å². The van der Waals surface area contributed by atoms with Crippen molar-refractivity contribution in [2.24, 2.45) is 0 Å². The van der Waals surface area contributed by atoms with E-state index in [-0.39, 0.29) is 0 Å². The lowest BCUT2D eigenvalue weighted by Gasteiger charge is -2.11. The fraction of sp³-hybridized carbons (Fsp3) is 0. The zero-order valence-electron chi connectivity index (χ0n) is 17.2. The van der Waals surface area contributed by atoms with Gasteiger partial charge in [-0.15, -0.1) is 0 Å². The Kier molecular flexibility index (Phi) is 5.53. The minimum absolute atomic E-state index is 0.659. The van der Waals surface area contributed by atoms with Gasteiger partial charge in [0.1, 0.15) is 17.3 Å². The first-order valence-corrected chi connectivity index (χ1v) is 10.3. The minimum atomic E-state index is 0.659. The van der Waals surface area contributed by atoms with Crippen molar-refractivity contribution in [3.8, 4) is 34.1 Å². The Balaban J connectivity index is 1.43. The standard InChI is InChI=1S/C27H20N4O/c1-3-7-21(8-4-1)27-30-25(20-15-17-28-18-16-20)19-26(31-27)29-22-11-13-24(14-12-22)32-23-9-5-2-6-10-23/h1-19H,(H,29,30,31). The van der Waals surface area contributed by atoms with Gasteiger partial charge in [-0.2, -0.15) is 0 Å². The fourth-order valence-corrected chi connectivity index (χ4v) is 3.28. The third kappa shape index (κ3) is 4.63. The molecule has 0 saturated heterocycles. The molecule has 2 heterocycles. The van der Waals surface area contributed by atoms with Crippen LogP contribution in [0.4, 0.5) is 11.5 Å². The van der Waals surface area contributed by atoms with Gasteiger partial charge < -0.3 is 10.1 Å². The van der Waals surface area contributed by atoms with Crippen LogP contribution in [0.15, 0.2) is 116 Å². The summed E-state index contributed by atoms with van der Waals surface area (Å²) in [6, 6.07) is 33.3. The SMILES string of the molecule is c1ccc(Oc2ccc(Nc3cc(-c4ccncc4)nc(-c4ccccc4)n3)cc2)cc1. The van der Waals surface area contributed by atoms with E-state index in [1.54, 1.807) is 12.4 Å². The largest absolute Gasteiger partial charge is 0.457 e. The van der Waals surface area contributed by atoms with Crippen LogP contribution >= 0.6 is 0 Å². The smallest absolute Gasteiger partial charge is 0.162 e. The molecule has 0 saturated carbocycles. The number of anilines is 2. The van der Waals surface area contributed by atoms with Crippen LogP contribution < -0.4 is 10.1 Å². The predicted octanol–water partition coefficient (Wildman–Crippen LogP) is 6.74. The van der Waals surface area contributed by atoms with Crippen LogP contribution in [0.1, 0.15) is 0 Å². The van der Waals surface area contributed by atoms with Crippen LogP contribution in [0.3, 0.4) is 0 Å². The molecule has 0 atom stereocenters. The van der Waals surface area contributed by atoms with Gasteiger partial charge in [-0.25, -0.2) is 9.97 Å². The maximum Gasteiger partial charge on any atom is 0.162 e. The number of pyridine rings is 1. The molecule has 5 nitrogen and oxygen atoms in total. The molecule has 154 valence electrons. The van der Waals surface area contributed by atoms with E-state index in [9.17, 15) is 0 Å². The molecule has 32 heavy (non-hydrogen) atoms. The number of benzene rings is 3. The van der Waals surface area contributed by atoms with E-state index < -0.39 is 0 Å². The Bertz CT molecular complexity index is 1230. The Morgan fingerprint density at radius 1 is 0.594 bits per heavy atom. The average Bonchev–Trinajstić information content (AvgIpc) is 2.87.